The van der Waals surface area contributed by atoms with E-state index in [9.17, 15) is 9.59 Å². The van der Waals surface area contributed by atoms with Crippen LogP contribution in [0.4, 0.5) is 0 Å². The van der Waals surface area contributed by atoms with Crippen LogP contribution in [0.5, 0.6) is 5.75 Å². The van der Waals surface area contributed by atoms with Crippen molar-refractivity contribution in [3.8, 4) is 5.75 Å². The van der Waals surface area contributed by atoms with E-state index in [0.29, 0.717) is 25.3 Å². The molecule has 0 aliphatic carbocycles. The van der Waals surface area contributed by atoms with E-state index in [1.165, 1.54) is 12.1 Å². The summed E-state index contributed by atoms with van der Waals surface area (Å²) in [5.41, 5.74) is 3.09. The lowest BCUT2D eigenvalue weighted by Crippen LogP contribution is -2.24. The number of nitrogens with one attached hydrogen (secondary N) is 1. The van der Waals surface area contributed by atoms with Crippen LogP contribution in [-0.4, -0.2) is 36.3 Å². The first-order chi connectivity index (χ1) is 12.9. The molecule has 6 nitrogen and oxygen atoms in total. The van der Waals surface area contributed by atoms with Gasteiger partial charge in [-0.2, -0.15) is 0 Å². The van der Waals surface area contributed by atoms with E-state index >= 15 is 0 Å². The molecule has 1 atom stereocenters. The molecule has 1 aliphatic heterocycles. The molecule has 1 aliphatic rings. The summed E-state index contributed by atoms with van der Waals surface area (Å²) in [6.45, 7) is 5.31. The van der Waals surface area contributed by atoms with Gasteiger partial charge in [-0.3, -0.25) is 4.79 Å². The average molecular weight is 369 g/mol. The fourth-order valence-corrected chi connectivity index (χ4v) is 3.02. The quantitative estimate of drug-likeness (QED) is 0.817. The van der Waals surface area contributed by atoms with Gasteiger partial charge in [0.15, 0.2) is 0 Å². The standard InChI is InChI=1S/C21H23NO5/c1-13-3-4-15(19(9-13)27-18-5-6-26-12-18)11-22-20(23)16-7-14(2)8-17(10-16)21(24)25/h3-4,7-10,18H,5-6,11-12H2,1-2H3,(H,22,23)(H,24,25). The Morgan fingerprint density at radius 1 is 1.15 bits per heavy atom. The van der Waals surface area contributed by atoms with Gasteiger partial charge in [-0.1, -0.05) is 12.1 Å². The molecule has 6 heteroatoms. The molecule has 2 aromatic carbocycles. The molecule has 142 valence electrons. The first-order valence-corrected chi connectivity index (χ1v) is 8.89. The van der Waals surface area contributed by atoms with E-state index in [2.05, 4.69) is 5.32 Å². The molecule has 1 amide bonds. The van der Waals surface area contributed by atoms with E-state index in [1.54, 1.807) is 13.0 Å². The monoisotopic (exact) mass is 369 g/mol. The van der Waals surface area contributed by atoms with Crippen molar-refractivity contribution >= 4 is 11.9 Å². The summed E-state index contributed by atoms with van der Waals surface area (Å²) < 4.78 is 11.4. The van der Waals surface area contributed by atoms with Crippen LogP contribution in [0.15, 0.2) is 36.4 Å². The lowest BCUT2D eigenvalue weighted by Gasteiger charge is -2.17. The number of carboxylic acid groups (broad SMARTS) is 1. The third kappa shape index (κ3) is 4.86. The number of aromatic carboxylic acids is 1. The molecule has 3 rings (SSSR count). The number of hydrogen-bond donors (Lipinski definition) is 2. The van der Waals surface area contributed by atoms with Gasteiger partial charge in [0, 0.05) is 24.1 Å². The first-order valence-electron chi connectivity index (χ1n) is 8.89. The molecule has 1 unspecified atom stereocenters. The maximum absolute atomic E-state index is 12.5. The van der Waals surface area contributed by atoms with Crippen LogP contribution >= 0.6 is 0 Å². The zero-order valence-corrected chi connectivity index (χ0v) is 15.5. The number of rotatable bonds is 6. The Labute approximate surface area is 158 Å². The highest BCUT2D eigenvalue weighted by Gasteiger charge is 2.19. The largest absolute Gasteiger partial charge is 0.488 e. The lowest BCUT2D eigenvalue weighted by molar-refractivity contribution is 0.0696. The van der Waals surface area contributed by atoms with Gasteiger partial charge in [-0.05, 0) is 49.2 Å². The van der Waals surface area contributed by atoms with Gasteiger partial charge in [-0.15, -0.1) is 0 Å². The first kappa shape index (κ1) is 18.9. The lowest BCUT2D eigenvalue weighted by atomic mass is 10.1. The van der Waals surface area contributed by atoms with Crippen molar-refractivity contribution in [2.24, 2.45) is 0 Å². The number of benzene rings is 2. The highest BCUT2D eigenvalue weighted by atomic mass is 16.5. The molecule has 0 aromatic heterocycles. The third-order valence-corrected chi connectivity index (χ3v) is 4.43. The Kier molecular flexibility index (Phi) is 5.76. The van der Waals surface area contributed by atoms with Crippen molar-refractivity contribution in [3.05, 3.63) is 64.2 Å². The summed E-state index contributed by atoms with van der Waals surface area (Å²) in [7, 11) is 0. The minimum Gasteiger partial charge on any atom is -0.488 e. The van der Waals surface area contributed by atoms with Gasteiger partial charge in [0.25, 0.3) is 5.91 Å². The summed E-state index contributed by atoms with van der Waals surface area (Å²) in [5, 5.41) is 12.0. The fourth-order valence-electron chi connectivity index (χ4n) is 3.02. The summed E-state index contributed by atoms with van der Waals surface area (Å²) in [6.07, 6.45) is 0.872. The normalized spacial score (nSPS) is 16.1. The zero-order chi connectivity index (χ0) is 19.4. The van der Waals surface area contributed by atoms with Crippen molar-refractivity contribution < 1.29 is 24.2 Å². The second-order valence-electron chi connectivity index (χ2n) is 6.79. The Morgan fingerprint density at radius 2 is 1.93 bits per heavy atom. The van der Waals surface area contributed by atoms with Crippen molar-refractivity contribution in [1.82, 2.24) is 5.32 Å². The van der Waals surface area contributed by atoms with Crippen molar-refractivity contribution in [3.63, 3.8) is 0 Å². The van der Waals surface area contributed by atoms with E-state index in [4.69, 9.17) is 14.6 Å². The van der Waals surface area contributed by atoms with Crippen LogP contribution in [0.1, 0.15) is 43.8 Å². The van der Waals surface area contributed by atoms with Crippen LogP contribution in [0, 0.1) is 13.8 Å². The molecule has 1 fully saturated rings. The summed E-state index contributed by atoms with van der Waals surface area (Å²) in [5.74, 6) is -0.640. The molecule has 0 spiro atoms. The Hall–Kier alpha value is -2.86. The van der Waals surface area contributed by atoms with Gasteiger partial charge in [-0.25, -0.2) is 4.79 Å². The van der Waals surface area contributed by atoms with Crippen LogP contribution < -0.4 is 10.1 Å². The van der Waals surface area contributed by atoms with Crippen LogP contribution in [0.25, 0.3) is 0 Å². The molecule has 0 radical (unpaired) electrons. The molecule has 0 saturated carbocycles. The minimum atomic E-state index is -1.05. The summed E-state index contributed by atoms with van der Waals surface area (Å²) in [4.78, 5) is 23.7. The second kappa shape index (κ2) is 8.22. The average Bonchev–Trinajstić information content (AvgIpc) is 3.13. The second-order valence-corrected chi connectivity index (χ2v) is 6.79. The highest BCUT2D eigenvalue weighted by molar-refractivity contribution is 5.97. The smallest absolute Gasteiger partial charge is 0.335 e. The molecule has 2 N–H and O–H groups in total. The fraction of sp³-hybridized carbons (Fsp3) is 0.333. The van der Waals surface area contributed by atoms with Crippen molar-refractivity contribution in [1.29, 1.82) is 0 Å². The molecule has 0 bridgehead atoms. The van der Waals surface area contributed by atoms with Gasteiger partial charge in [0.05, 0.1) is 18.8 Å². The molecular formula is C21H23NO5. The molecule has 1 saturated heterocycles. The maximum Gasteiger partial charge on any atom is 0.335 e. The van der Waals surface area contributed by atoms with Crippen LogP contribution in [0.2, 0.25) is 0 Å². The third-order valence-electron chi connectivity index (χ3n) is 4.43. The Morgan fingerprint density at radius 3 is 2.63 bits per heavy atom. The number of carbonyl (C=O) groups excluding carboxylic acids is 1. The van der Waals surface area contributed by atoms with E-state index in [1.807, 2.05) is 25.1 Å². The molecule has 1 heterocycles. The molecule has 27 heavy (non-hydrogen) atoms. The number of hydrogen-bond acceptors (Lipinski definition) is 4. The van der Waals surface area contributed by atoms with E-state index in [-0.39, 0.29) is 17.6 Å². The van der Waals surface area contributed by atoms with Gasteiger partial charge in [0.2, 0.25) is 0 Å². The van der Waals surface area contributed by atoms with E-state index in [0.717, 1.165) is 28.9 Å². The Balaban J connectivity index is 1.72. The molecular weight excluding hydrogens is 346 g/mol. The van der Waals surface area contributed by atoms with Crippen LogP contribution in [0.3, 0.4) is 0 Å². The van der Waals surface area contributed by atoms with E-state index < -0.39 is 5.97 Å². The predicted octanol–water partition coefficient (Wildman–Crippen LogP) is 3.10. The van der Waals surface area contributed by atoms with Gasteiger partial charge >= 0.3 is 5.97 Å². The van der Waals surface area contributed by atoms with Crippen LogP contribution in [-0.2, 0) is 11.3 Å². The summed E-state index contributed by atoms with van der Waals surface area (Å²) >= 11 is 0. The number of carbonyl (C=O) groups is 2. The Bertz CT molecular complexity index is 856. The predicted molar refractivity (Wildman–Crippen MR) is 100 cm³/mol. The number of amides is 1. The molecule has 2 aromatic rings. The zero-order valence-electron chi connectivity index (χ0n) is 15.5. The summed E-state index contributed by atoms with van der Waals surface area (Å²) in [6, 6.07) is 10.4. The number of carboxylic acids is 1. The van der Waals surface area contributed by atoms with Gasteiger partial charge < -0.3 is 19.9 Å². The maximum atomic E-state index is 12.5. The topological polar surface area (TPSA) is 84.9 Å². The SMILES string of the molecule is Cc1cc(C(=O)O)cc(C(=O)NCc2ccc(C)cc2OC2CCOC2)c1. The number of ether oxygens (including phenoxy) is 2. The van der Waals surface area contributed by atoms with Gasteiger partial charge in [0.1, 0.15) is 11.9 Å². The minimum absolute atomic E-state index is 0.0242. The van der Waals surface area contributed by atoms with Crippen molar-refractivity contribution in [2.45, 2.75) is 32.9 Å². The number of aryl methyl sites for hydroxylation is 2. The highest BCUT2D eigenvalue weighted by Crippen LogP contribution is 2.24. The van der Waals surface area contributed by atoms with Crippen molar-refractivity contribution in [2.75, 3.05) is 13.2 Å².